The second-order valence-electron chi connectivity index (χ2n) is 6.19. The zero-order valence-corrected chi connectivity index (χ0v) is 11.6. The molecule has 1 aliphatic carbocycles. The second-order valence-corrected chi connectivity index (χ2v) is 6.19. The van der Waals surface area contributed by atoms with Gasteiger partial charge in [0, 0.05) is 5.69 Å². The molecule has 1 unspecified atom stereocenters. The number of rotatable bonds is 2. The highest BCUT2D eigenvalue weighted by molar-refractivity contribution is 5.53. The lowest BCUT2D eigenvalue weighted by Crippen LogP contribution is -2.23. The molecule has 0 aliphatic heterocycles. The first-order valence-electron chi connectivity index (χ1n) is 6.51. The summed E-state index contributed by atoms with van der Waals surface area (Å²) in [5.74, 6) is 1.35. The molecule has 1 aliphatic rings. The van der Waals surface area contributed by atoms with Gasteiger partial charge in [-0.25, -0.2) is 0 Å². The number of ether oxygens (including phenoxy) is 1. The summed E-state index contributed by atoms with van der Waals surface area (Å²) in [6.07, 6.45) is 3.32. The highest BCUT2D eigenvalue weighted by atomic mass is 16.5. The Hall–Kier alpha value is -1.44. The molecule has 0 spiro atoms. The quantitative estimate of drug-likeness (QED) is 0.628. The highest BCUT2D eigenvalue weighted by Crippen LogP contribution is 2.47. The number of benzene rings is 1. The highest BCUT2D eigenvalue weighted by Gasteiger charge is 2.31. The van der Waals surface area contributed by atoms with E-state index in [-0.39, 0.29) is 0 Å². The topological polar surface area (TPSA) is 35.2 Å². The van der Waals surface area contributed by atoms with Crippen molar-refractivity contribution in [2.75, 3.05) is 12.8 Å². The number of anilines is 1. The maximum absolute atomic E-state index is 6.12. The molecule has 2 heteroatoms. The first kappa shape index (κ1) is 13.0. The summed E-state index contributed by atoms with van der Waals surface area (Å²) in [6.45, 7) is 8.80. The van der Waals surface area contributed by atoms with Crippen LogP contribution in [0.25, 0.3) is 0 Å². The molecule has 1 aromatic rings. The van der Waals surface area contributed by atoms with E-state index in [1.807, 2.05) is 12.1 Å². The van der Waals surface area contributed by atoms with Gasteiger partial charge in [0.25, 0.3) is 0 Å². The number of nitrogens with two attached hydrogens (primary N) is 1. The number of hydrogen-bond acceptors (Lipinski definition) is 2. The summed E-state index contributed by atoms with van der Waals surface area (Å²) in [5, 5.41) is 0. The van der Waals surface area contributed by atoms with Crippen molar-refractivity contribution in [2.24, 2.45) is 5.41 Å². The third-order valence-corrected chi connectivity index (χ3v) is 3.80. The molecule has 1 saturated carbocycles. The maximum atomic E-state index is 6.12. The minimum atomic E-state index is 0.315. The van der Waals surface area contributed by atoms with Crippen molar-refractivity contribution >= 4 is 5.69 Å². The van der Waals surface area contributed by atoms with Crippen LogP contribution in [0.15, 0.2) is 30.4 Å². The Kier molecular flexibility index (Phi) is 3.38. The Bertz CT molecular complexity index is 462. The van der Waals surface area contributed by atoms with E-state index in [1.54, 1.807) is 7.11 Å². The molecule has 0 aromatic heterocycles. The standard InChI is InChI=1S/C16H23NO/c1-11-7-12(10-16(2,3)9-11)14-8-13(18-4)5-6-15(14)17/h5-6,8,12H,1,7,9-10,17H2,2-4H3. The molecule has 2 rings (SSSR count). The molecule has 1 atom stereocenters. The summed E-state index contributed by atoms with van der Waals surface area (Å²) < 4.78 is 5.30. The van der Waals surface area contributed by atoms with Crippen LogP contribution in [0.4, 0.5) is 5.69 Å². The monoisotopic (exact) mass is 245 g/mol. The molecule has 2 nitrogen and oxygen atoms in total. The zero-order valence-electron chi connectivity index (χ0n) is 11.6. The Morgan fingerprint density at radius 2 is 2.11 bits per heavy atom. The van der Waals surface area contributed by atoms with Crippen LogP contribution in [0.5, 0.6) is 5.75 Å². The van der Waals surface area contributed by atoms with E-state index in [1.165, 1.54) is 11.1 Å². The van der Waals surface area contributed by atoms with Gasteiger partial charge in [0.1, 0.15) is 5.75 Å². The van der Waals surface area contributed by atoms with Crippen LogP contribution in [0, 0.1) is 5.41 Å². The summed E-state index contributed by atoms with van der Waals surface area (Å²) in [4.78, 5) is 0. The smallest absolute Gasteiger partial charge is 0.119 e. The molecule has 0 saturated heterocycles. The molecule has 1 aromatic carbocycles. The normalized spacial score (nSPS) is 22.8. The fourth-order valence-corrected chi connectivity index (χ4v) is 3.16. The van der Waals surface area contributed by atoms with Crippen LogP contribution in [-0.2, 0) is 0 Å². The zero-order chi connectivity index (χ0) is 13.3. The lowest BCUT2D eigenvalue weighted by molar-refractivity contribution is 0.264. The van der Waals surface area contributed by atoms with E-state index < -0.39 is 0 Å². The van der Waals surface area contributed by atoms with Crippen LogP contribution in [-0.4, -0.2) is 7.11 Å². The Morgan fingerprint density at radius 1 is 1.39 bits per heavy atom. The molecule has 0 bridgehead atoms. The van der Waals surface area contributed by atoms with Crippen LogP contribution >= 0.6 is 0 Å². The number of allylic oxidation sites excluding steroid dienone is 1. The van der Waals surface area contributed by atoms with Crippen molar-refractivity contribution in [2.45, 2.75) is 39.0 Å². The molecule has 0 amide bonds. The van der Waals surface area contributed by atoms with Gasteiger partial charge < -0.3 is 10.5 Å². The first-order valence-corrected chi connectivity index (χ1v) is 6.51. The molecular weight excluding hydrogens is 222 g/mol. The fraction of sp³-hybridized carbons (Fsp3) is 0.500. The SMILES string of the molecule is C=C1CC(c2cc(OC)ccc2N)CC(C)(C)C1. The van der Waals surface area contributed by atoms with Crippen LogP contribution in [0.2, 0.25) is 0 Å². The van der Waals surface area contributed by atoms with Crippen molar-refractivity contribution in [3.63, 3.8) is 0 Å². The average molecular weight is 245 g/mol. The third-order valence-electron chi connectivity index (χ3n) is 3.80. The van der Waals surface area contributed by atoms with E-state index in [2.05, 4.69) is 26.5 Å². The van der Waals surface area contributed by atoms with E-state index in [9.17, 15) is 0 Å². The molecule has 1 fully saturated rings. The molecule has 0 heterocycles. The summed E-state index contributed by atoms with van der Waals surface area (Å²) in [7, 11) is 1.69. The lowest BCUT2D eigenvalue weighted by Gasteiger charge is -2.37. The van der Waals surface area contributed by atoms with Crippen molar-refractivity contribution in [1.82, 2.24) is 0 Å². The van der Waals surface area contributed by atoms with E-state index in [4.69, 9.17) is 10.5 Å². The Labute approximate surface area is 110 Å². The van der Waals surface area contributed by atoms with Gasteiger partial charge in [-0.3, -0.25) is 0 Å². The average Bonchev–Trinajstić information content (AvgIpc) is 2.27. The van der Waals surface area contributed by atoms with E-state index in [0.717, 1.165) is 30.7 Å². The van der Waals surface area contributed by atoms with Gasteiger partial charge in [-0.1, -0.05) is 26.0 Å². The van der Waals surface area contributed by atoms with Crippen LogP contribution in [0.1, 0.15) is 44.6 Å². The van der Waals surface area contributed by atoms with Crippen molar-refractivity contribution < 1.29 is 4.74 Å². The molecule has 2 N–H and O–H groups in total. The van der Waals surface area contributed by atoms with Gasteiger partial charge in [0.15, 0.2) is 0 Å². The van der Waals surface area contributed by atoms with E-state index in [0.29, 0.717) is 11.3 Å². The van der Waals surface area contributed by atoms with Crippen molar-refractivity contribution in [3.8, 4) is 5.75 Å². The van der Waals surface area contributed by atoms with Crippen molar-refractivity contribution in [1.29, 1.82) is 0 Å². The molecule has 98 valence electrons. The maximum Gasteiger partial charge on any atom is 0.119 e. The predicted octanol–water partition coefficient (Wildman–Crippen LogP) is 4.13. The second kappa shape index (κ2) is 4.68. The number of nitrogen functional groups attached to an aromatic ring is 1. The largest absolute Gasteiger partial charge is 0.497 e. The molecule has 18 heavy (non-hydrogen) atoms. The first-order chi connectivity index (χ1) is 8.41. The van der Waals surface area contributed by atoms with Gasteiger partial charge in [0.2, 0.25) is 0 Å². The number of methoxy groups -OCH3 is 1. The van der Waals surface area contributed by atoms with Crippen molar-refractivity contribution in [3.05, 3.63) is 35.9 Å². The third kappa shape index (κ3) is 2.69. The lowest BCUT2D eigenvalue weighted by atomic mass is 9.68. The summed E-state index contributed by atoms with van der Waals surface area (Å²) in [6, 6.07) is 5.94. The fourth-order valence-electron chi connectivity index (χ4n) is 3.16. The van der Waals surface area contributed by atoms with Crippen LogP contribution in [0.3, 0.4) is 0 Å². The van der Waals surface area contributed by atoms with Gasteiger partial charge in [0.05, 0.1) is 7.11 Å². The Morgan fingerprint density at radius 3 is 2.72 bits per heavy atom. The molecular formula is C16H23NO. The minimum absolute atomic E-state index is 0.315. The minimum Gasteiger partial charge on any atom is -0.497 e. The predicted molar refractivity (Wildman–Crippen MR) is 76.9 cm³/mol. The molecule has 0 radical (unpaired) electrons. The van der Waals surface area contributed by atoms with Crippen LogP contribution < -0.4 is 10.5 Å². The summed E-state index contributed by atoms with van der Waals surface area (Å²) >= 11 is 0. The Balaban J connectivity index is 2.33. The van der Waals surface area contributed by atoms with E-state index >= 15 is 0 Å². The summed E-state index contributed by atoms with van der Waals surface area (Å²) in [5.41, 5.74) is 9.85. The van der Waals surface area contributed by atoms with Gasteiger partial charge >= 0.3 is 0 Å². The number of hydrogen-bond donors (Lipinski definition) is 1. The van der Waals surface area contributed by atoms with Gasteiger partial charge in [-0.2, -0.15) is 0 Å². The van der Waals surface area contributed by atoms with Gasteiger partial charge in [-0.05, 0) is 54.4 Å². The van der Waals surface area contributed by atoms with Gasteiger partial charge in [-0.15, -0.1) is 0 Å².